The molecule has 106 valence electrons. The monoisotopic (exact) mass is 284 g/mol. The normalized spacial score (nSPS) is 9.71. The van der Waals surface area contributed by atoms with Crippen LogP contribution < -0.4 is 10.1 Å². The molecule has 2 aromatic rings. The lowest BCUT2D eigenvalue weighted by molar-refractivity contribution is -0.383. The van der Waals surface area contributed by atoms with Crippen LogP contribution in [0.15, 0.2) is 36.5 Å². The van der Waals surface area contributed by atoms with Gasteiger partial charge in [-0.25, -0.2) is 9.83 Å². The van der Waals surface area contributed by atoms with E-state index in [1.54, 1.807) is 12.1 Å². The third-order valence-corrected chi connectivity index (χ3v) is 2.62. The summed E-state index contributed by atoms with van der Waals surface area (Å²) in [7, 11) is 0. The van der Waals surface area contributed by atoms with Gasteiger partial charge in [-0.3, -0.25) is 10.1 Å². The van der Waals surface area contributed by atoms with Crippen molar-refractivity contribution in [1.82, 2.24) is 4.98 Å². The Labute approximate surface area is 121 Å². The fourth-order valence-electron chi connectivity index (χ4n) is 1.69. The van der Waals surface area contributed by atoms with Crippen LogP contribution >= 0.6 is 0 Å². The van der Waals surface area contributed by atoms with E-state index in [1.165, 1.54) is 24.4 Å². The summed E-state index contributed by atoms with van der Waals surface area (Å²) in [5.41, 5.74) is 0.329. The number of ether oxygens (including phenoxy) is 1. The van der Waals surface area contributed by atoms with Crippen molar-refractivity contribution in [3.63, 3.8) is 0 Å². The van der Waals surface area contributed by atoms with Gasteiger partial charge in [-0.2, -0.15) is 0 Å². The molecule has 0 aliphatic heterocycles. The van der Waals surface area contributed by atoms with Gasteiger partial charge in [0.05, 0.1) is 24.3 Å². The highest BCUT2D eigenvalue weighted by Gasteiger charge is 2.15. The summed E-state index contributed by atoms with van der Waals surface area (Å²) in [6, 6.07) is 7.61. The zero-order chi connectivity index (χ0) is 15.2. The molecular formula is C14H12N4O3. The molecule has 0 amide bonds. The summed E-state index contributed by atoms with van der Waals surface area (Å²) in [5.74, 6) is 1.08. The Kier molecular flexibility index (Phi) is 4.31. The van der Waals surface area contributed by atoms with E-state index in [-0.39, 0.29) is 17.1 Å². The summed E-state index contributed by atoms with van der Waals surface area (Å²) < 4.78 is 5.27. The first-order valence-electron chi connectivity index (χ1n) is 6.16. The maximum Gasteiger partial charge on any atom is 0.282 e. The average molecular weight is 284 g/mol. The van der Waals surface area contributed by atoms with Gasteiger partial charge in [0.1, 0.15) is 17.3 Å². The van der Waals surface area contributed by atoms with Crippen molar-refractivity contribution < 1.29 is 9.66 Å². The Balaban J connectivity index is 2.26. The van der Waals surface area contributed by atoms with E-state index >= 15 is 0 Å². The molecule has 0 spiro atoms. The molecule has 1 N–H and O–H groups in total. The topological polar surface area (TPSA) is 81.7 Å². The number of hydrogen-bond acceptors (Lipinski definition) is 5. The van der Waals surface area contributed by atoms with E-state index in [1.807, 2.05) is 6.92 Å². The van der Waals surface area contributed by atoms with Gasteiger partial charge in [0.25, 0.3) is 5.69 Å². The second-order valence-corrected chi connectivity index (χ2v) is 4.01. The van der Waals surface area contributed by atoms with E-state index in [4.69, 9.17) is 11.3 Å². The van der Waals surface area contributed by atoms with Crippen LogP contribution in [0.2, 0.25) is 0 Å². The van der Waals surface area contributed by atoms with Crippen molar-refractivity contribution >= 4 is 22.9 Å². The number of nitro benzene ring substituents is 1. The number of pyridine rings is 1. The Morgan fingerprint density at radius 1 is 1.43 bits per heavy atom. The van der Waals surface area contributed by atoms with Gasteiger partial charge < -0.3 is 10.1 Å². The third kappa shape index (κ3) is 3.45. The number of nitrogens with one attached hydrogen (secondary N) is 1. The van der Waals surface area contributed by atoms with Gasteiger partial charge in [-0.05, 0) is 25.1 Å². The van der Waals surface area contributed by atoms with E-state index < -0.39 is 4.92 Å². The van der Waals surface area contributed by atoms with Crippen LogP contribution in [0, 0.1) is 16.7 Å². The number of hydrogen-bond donors (Lipinski definition) is 1. The number of nitro groups is 1. The maximum atomic E-state index is 11.0. The first-order chi connectivity index (χ1) is 10.1. The number of nitrogens with zero attached hydrogens (tertiary/aromatic N) is 3. The second-order valence-electron chi connectivity index (χ2n) is 4.01. The van der Waals surface area contributed by atoms with E-state index in [2.05, 4.69) is 15.1 Å². The lowest BCUT2D eigenvalue weighted by Gasteiger charge is -2.08. The summed E-state index contributed by atoms with van der Waals surface area (Å²) in [6.07, 6.45) is 1.53. The summed E-state index contributed by atoms with van der Waals surface area (Å²) in [4.78, 5) is 17.8. The molecule has 1 aromatic heterocycles. The largest absolute Gasteiger partial charge is 0.492 e. The fourth-order valence-corrected chi connectivity index (χ4v) is 1.69. The van der Waals surface area contributed by atoms with Crippen molar-refractivity contribution in [3.05, 3.63) is 58.1 Å². The predicted molar refractivity (Wildman–Crippen MR) is 78.0 cm³/mol. The standard InChI is InChI=1S/C14H12N4O3/c1-3-21-11-5-7-14(16-9-11)17-12-6-4-10(15-2)8-13(12)18(19)20/h4-9H,3H2,1H3,(H,16,17). The van der Waals surface area contributed by atoms with Crippen LogP contribution in [0.3, 0.4) is 0 Å². The molecule has 0 saturated carbocycles. The summed E-state index contributed by atoms with van der Waals surface area (Å²) >= 11 is 0. The molecule has 0 unspecified atom stereocenters. The van der Waals surface area contributed by atoms with Gasteiger partial charge in [0, 0.05) is 6.07 Å². The van der Waals surface area contributed by atoms with Crippen LogP contribution in [0.1, 0.15) is 6.92 Å². The minimum Gasteiger partial charge on any atom is -0.492 e. The van der Waals surface area contributed by atoms with Crippen LogP contribution in [0.4, 0.5) is 22.9 Å². The summed E-state index contributed by atoms with van der Waals surface area (Å²) in [6.45, 7) is 9.30. The highest BCUT2D eigenvalue weighted by Crippen LogP contribution is 2.31. The molecule has 7 nitrogen and oxygen atoms in total. The Morgan fingerprint density at radius 3 is 2.81 bits per heavy atom. The van der Waals surface area contributed by atoms with Crippen molar-refractivity contribution in [2.75, 3.05) is 11.9 Å². The van der Waals surface area contributed by atoms with Gasteiger partial charge in [-0.1, -0.05) is 6.07 Å². The van der Waals surface area contributed by atoms with Crippen molar-refractivity contribution in [1.29, 1.82) is 0 Å². The average Bonchev–Trinajstić information content (AvgIpc) is 2.49. The Morgan fingerprint density at radius 2 is 2.24 bits per heavy atom. The molecule has 7 heteroatoms. The quantitative estimate of drug-likeness (QED) is 0.514. The molecule has 0 aliphatic carbocycles. The van der Waals surface area contributed by atoms with E-state index in [0.29, 0.717) is 18.2 Å². The molecule has 1 heterocycles. The zero-order valence-corrected chi connectivity index (χ0v) is 11.2. The first-order valence-corrected chi connectivity index (χ1v) is 6.16. The van der Waals surface area contributed by atoms with E-state index in [0.717, 1.165) is 0 Å². The number of benzene rings is 1. The SMILES string of the molecule is [C-]#[N+]c1ccc(Nc2ccc(OCC)cn2)c([N+](=O)[O-])c1. The highest BCUT2D eigenvalue weighted by atomic mass is 16.6. The third-order valence-electron chi connectivity index (χ3n) is 2.62. The number of anilines is 2. The molecule has 0 bridgehead atoms. The molecule has 0 radical (unpaired) electrons. The predicted octanol–water partition coefficient (Wildman–Crippen LogP) is 3.68. The lowest BCUT2D eigenvalue weighted by Crippen LogP contribution is -1.99. The van der Waals surface area contributed by atoms with Gasteiger partial charge in [0.15, 0.2) is 5.69 Å². The van der Waals surface area contributed by atoms with Crippen LogP contribution in [0.25, 0.3) is 4.85 Å². The fraction of sp³-hybridized carbons (Fsp3) is 0.143. The smallest absolute Gasteiger partial charge is 0.282 e. The summed E-state index contributed by atoms with van der Waals surface area (Å²) in [5, 5.41) is 13.9. The Hall–Kier alpha value is -3.14. The van der Waals surface area contributed by atoms with Gasteiger partial charge in [-0.15, -0.1) is 0 Å². The molecule has 2 rings (SSSR count). The van der Waals surface area contributed by atoms with Crippen LogP contribution in [-0.2, 0) is 0 Å². The molecule has 0 aliphatic rings. The first kappa shape index (κ1) is 14.3. The molecular weight excluding hydrogens is 272 g/mol. The minimum absolute atomic E-state index is 0.167. The van der Waals surface area contributed by atoms with E-state index in [9.17, 15) is 10.1 Å². The Bertz CT molecular complexity index is 692. The van der Waals surface area contributed by atoms with Crippen molar-refractivity contribution in [2.24, 2.45) is 0 Å². The highest BCUT2D eigenvalue weighted by molar-refractivity contribution is 5.72. The van der Waals surface area contributed by atoms with Crippen molar-refractivity contribution in [2.45, 2.75) is 6.92 Å². The second kappa shape index (κ2) is 6.34. The number of aromatic nitrogens is 1. The van der Waals surface area contributed by atoms with Gasteiger partial charge in [0.2, 0.25) is 0 Å². The molecule has 21 heavy (non-hydrogen) atoms. The molecule has 1 aromatic carbocycles. The molecule has 0 saturated heterocycles. The molecule has 0 fully saturated rings. The lowest BCUT2D eigenvalue weighted by atomic mass is 10.2. The van der Waals surface area contributed by atoms with Gasteiger partial charge >= 0.3 is 0 Å². The van der Waals surface area contributed by atoms with Crippen molar-refractivity contribution in [3.8, 4) is 5.75 Å². The maximum absolute atomic E-state index is 11.0. The zero-order valence-electron chi connectivity index (χ0n) is 11.2. The van der Waals surface area contributed by atoms with Crippen LogP contribution in [-0.4, -0.2) is 16.5 Å². The minimum atomic E-state index is -0.536. The number of rotatable bonds is 5. The van der Waals surface area contributed by atoms with Crippen LogP contribution in [0.5, 0.6) is 5.75 Å². The molecule has 0 atom stereocenters.